The van der Waals surface area contributed by atoms with E-state index in [-0.39, 0.29) is 0 Å². The van der Waals surface area contributed by atoms with Gasteiger partial charge in [-0.2, -0.15) is 0 Å². The van der Waals surface area contributed by atoms with Crippen LogP contribution in [0.4, 0.5) is 5.82 Å². The van der Waals surface area contributed by atoms with Gasteiger partial charge in [-0.05, 0) is 12.0 Å². The highest BCUT2D eigenvalue weighted by molar-refractivity contribution is 5.39. The first-order chi connectivity index (χ1) is 8.72. The largest absolute Gasteiger partial charge is 0.384 e. The molecule has 1 aromatic carbocycles. The summed E-state index contributed by atoms with van der Waals surface area (Å²) in [6.07, 6.45) is 4.14. The van der Waals surface area contributed by atoms with Crippen molar-refractivity contribution in [3.8, 4) is 0 Å². The first-order valence-electron chi connectivity index (χ1n) is 6.56. The fourth-order valence-corrected chi connectivity index (χ4v) is 2.26. The van der Waals surface area contributed by atoms with Gasteiger partial charge >= 0.3 is 0 Å². The Morgan fingerprint density at radius 1 is 1.28 bits per heavy atom. The topological polar surface area (TPSA) is 43.8 Å². The van der Waals surface area contributed by atoms with E-state index in [0.29, 0.717) is 5.92 Å². The van der Waals surface area contributed by atoms with Crippen LogP contribution in [0.2, 0.25) is 0 Å². The standard InChI is InChI=1S/C15H21N3/c1-3-7-12(2)14-15(16)18(11-17-14)10-13-8-5-4-6-9-13/h4-6,8-9,11-12H,3,7,10,16H2,1-2H3. The number of imidazole rings is 1. The number of rotatable bonds is 5. The van der Waals surface area contributed by atoms with E-state index in [1.54, 1.807) is 0 Å². The molecule has 2 rings (SSSR count). The molecular formula is C15H21N3. The maximum absolute atomic E-state index is 6.18. The summed E-state index contributed by atoms with van der Waals surface area (Å²) in [4.78, 5) is 4.47. The fraction of sp³-hybridized carbons (Fsp3) is 0.400. The predicted molar refractivity (Wildman–Crippen MR) is 75.5 cm³/mol. The van der Waals surface area contributed by atoms with Gasteiger partial charge in [-0.25, -0.2) is 4.98 Å². The smallest absolute Gasteiger partial charge is 0.127 e. The van der Waals surface area contributed by atoms with Crippen LogP contribution in [-0.2, 0) is 6.54 Å². The Morgan fingerprint density at radius 3 is 2.67 bits per heavy atom. The Morgan fingerprint density at radius 2 is 2.00 bits per heavy atom. The van der Waals surface area contributed by atoms with Gasteiger partial charge in [0.25, 0.3) is 0 Å². The Labute approximate surface area is 109 Å². The summed E-state index contributed by atoms with van der Waals surface area (Å²) in [7, 11) is 0. The number of nitrogen functional groups attached to an aromatic ring is 1. The molecule has 0 saturated heterocycles. The molecule has 0 saturated carbocycles. The molecule has 0 aliphatic carbocycles. The zero-order valence-corrected chi connectivity index (χ0v) is 11.1. The van der Waals surface area contributed by atoms with E-state index in [1.807, 2.05) is 29.1 Å². The third-order valence-corrected chi connectivity index (χ3v) is 3.29. The number of hydrogen-bond acceptors (Lipinski definition) is 2. The molecule has 3 heteroatoms. The van der Waals surface area contributed by atoms with Gasteiger partial charge in [-0.1, -0.05) is 50.6 Å². The lowest BCUT2D eigenvalue weighted by Crippen LogP contribution is -2.05. The van der Waals surface area contributed by atoms with E-state index in [9.17, 15) is 0 Å². The second-order valence-electron chi connectivity index (χ2n) is 4.82. The van der Waals surface area contributed by atoms with Crippen molar-refractivity contribution in [2.75, 3.05) is 5.73 Å². The zero-order valence-electron chi connectivity index (χ0n) is 11.1. The van der Waals surface area contributed by atoms with Crippen LogP contribution < -0.4 is 5.73 Å². The van der Waals surface area contributed by atoms with Crippen LogP contribution in [0.1, 0.15) is 43.9 Å². The van der Waals surface area contributed by atoms with Crippen molar-refractivity contribution < 1.29 is 0 Å². The quantitative estimate of drug-likeness (QED) is 0.874. The van der Waals surface area contributed by atoms with Gasteiger partial charge in [-0.15, -0.1) is 0 Å². The third kappa shape index (κ3) is 2.73. The van der Waals surface area contributed by atoms with E-state index in [4.69, 9.17) is 5.73 Å². The lowest BCUT2D eigenvalue weighted by atomic mass is 10.0. The molecule has 0 bridgehead atoms. The van der Waals surface area contributed by atoms with Crippen LogP contribution >= 0.6 is 0 Å². The zero-order chi connectivity index (χ0) is 13.0. The number of hydrogen-bond donors (Lipinski definition) is 1. The van der Waals surface area contributed by atoms with Gasteiger partial charge in [0.05, 0.1) is 18.6 Å². The third-order valence-electron chi connectivity index (χ3n) is 3.29. The maximum Gasteiger partial charge on any atom is 0.127 e. The summed E-state index contributed by atoms with van der Waals surface area (Å²) >= 11 is 0. The molecule has 2 N–H and O–H groups in total. The van der Waals surface area contributed by atoms with E-state index < -0.39 is 0 Å². The lowest BCUT2D eigenvalue weighted by molar-refractivity contribution is 0.652. The summed E-state index contributed by atoms with van der Waals surface area (Å²) in [5.41, 5.74) is 8.46. The number of nitrogens with zero attached hydrogens (tertiary/aromatic N) is 2. The number of anilines is 1. The minimum atomic E-state index is 0.437. The molecule has 2 aromatic rings. The fourth-order valence-electron chi connectivity index (χ4n) is 2.26. The normalized spacial score (nSPS) is 12.6. The van der Waals surface area contributed by atoms with Gasteiger partial charge < -0.3 is 10.3 Å². The average molecular weight is 243 g/mol. The SMILES string of the molecule is CCCC(C)c1ncn(Cc2ccccc2)c1N. The molecule has 0 spiro atoms. The van der Waals surface area contributed by atoms with Crippen molar-refractivity contribution in [2.24, 2.45) is 0 Å². The molecule has 1 heterocycles. The Kier molecular flexibility index (Phi) is 4.03. The van der Waals surface area contributed by atoms with Gasteiger partial charge in [0.15, 0.2) is 0 Å². The summed E-state index contributed by atoms with van der Waals surface area (Å²) in [6, 6.07) is 10.3. The van der Waals surface area contributed by atoms with E-state index >= 15 is 0 Å². The summed E-state index contributed by atoms with van der Waals surface area (Å²) in [6.45, 7) is 5.17. The molecule has 0 aliphatic rings. The van der Waals surface area contributed by atoms with E-state index in [2.05, 4.69) is 31.0 Å². The summed E-state index contributed by atoms with van der Waals surface area (Å²) < 4.78 is 2.02. The van der Waals surface area contributed by atoms with E-state index in [1.165, 1.54) is 5.56 Å². The van der Waals surface area contributed by atoms with Crippen molar-refractivity contribution in [2.45, 2.75) is 39.2 Å². The highest BCUT2D eigenvalue weighted by Gasteiger charge is 2.13. The minimum Gasteiger partial charge on any atom is -0.384 e. The second kappa shape index (κ2) is 5.71. The Hall–Kier alpha value is -1.77. The maximum atomic E-state index is 6.18. The van der Waals surface area contributed by atoms with Crippen LogP contribution in [0.5, 0.6) is 0 Å². The number of aromatic nitrogens is 2. The molecule has 0 aliphatic heterocycles. The van der Waals surface area contributed by atoms with Crippen molar-refractivity contribution >= 4 is 5.82 Å². The molecule has 0 radical (unpaired) electrons. The van der Waals surface area contributed by atoms with Crippen molar-refractivity contribution in [3.63, 3.8) is 0 Å². The number of nitrogens with two attached hydrogens (primary N) is 1. The molecule has 1 unspecified atom stereocenters. The molecule has 0 amide bonds. The molecule has 3 nitrogen and oxygen atoms in total. The molecule has 1 atom stereocenters. The Balaban J connectivity index is 2.16. The first-order valence-corrected chi connectivity index (χ1v) is 6.56. The second-order valence-corrected chi connectivity index (χ2v) is 4.82. The first kappa shape index (κ1) is 12.7. The van der Waals surface area contributed by atoms with Crippen molar-refractivity contribution in [1.29, 1.82) is 0 Å². The van der Waals surface area contributed by atoms with Gasteiger partial charge in [0.1, 0.15) is 5.82 Å². The molecule has 1 aromatic heterocycles. The van der Waals surface area contributed by atoms with Crippen LogP contribution in [0.25, 0.3) is 0 Å². The highest BCUT2D eigenvalue weighted by Crippen LogP contribution is 2.24. The van der Waals surface area contributed by atoms with Gasteiger partial charge in [0.2, 0.25) is 0 Å². The molecule has 18 heavy (non-hydrogen) atoms. The van der Waals surface area contributed by atoms with Crippen LogP contribution in [0, 0.1) is 0 Å². The summed E-state index contributed by atoms with van der Waals surface area (Å²) in [5.74, 6) is 1.24. The molecular weight excluding hydrogens is 222 g/mol. The lowest BCUT2D eigenvalue weighted by Gasteiger charge is -2.10. The predicted octanol–water partition coefficient (Wildman–Crippen LogP) is 3.42. The van der Waals surface area contributed by atoms with Crippen molar-refractivity contribution in [1.82, 2.24) is 9.55 Å². The highest BCUT2D eigenvalue weighted by atomic mass is 15.1. The molecule has 0 fully saturated rings. The monoisotopic (exact) mass is 243 g/mol. The van der Waals surface area contributed by atoms with Crippen LogP contribution in [-0.4, -0.2) is 9.55 Å². The average Bonchev–Trinajstić information content (AvgIpc) is 2.73. The Bertz CT molecular complexity index is 488. The van der Waals surface area contributed by atoms with Crippen molar-refractivity contribution in [3.05, 3.63) is 47.9 Å². The van der Waals surface area contributed by atoms with E-state index in [0.717, 1.165) is 30.9 Å². The van der Waals surface area contributed by atoms with Gasteiger partial charge in [0, 0.05) is 5.92 Å². The van der Waals surface area contributed by atoms with Crippen LogP contribution in [0.3, 0.4) is 0 Å². The summed E-state index contributed by atoms with van der Waals surface area (Å²) in [5, 5.41) is 0. The minimum absolute atomic E-state index is 0.437. The molecule has 96 valence electrons. The van der Waals surface area contributed by atoms with Gasteiger partial charge in [-0.3, -0.25) is 0 Å². The number of benzene rings is 1. The van der Waals surface area contributed by atoms with Crippen LogP contribution in [0.15, 0.2) is 36.7 Å².